The van der Waals surface area contributed by atoms with Crippen LogP contribution in [0, 0.1) is 0 Å². The maximum Gasteiger partial charge on any atom is 0.337 e. The van der Waals surface area contributed by atoms with Crippen LogP contribution >= 0.6 is 0 Å². The number of nitrogens with zero attached hydrogens (tertiary/aromatic N) is 5. The Labute approximate surface area is 191 Å². The molecule has 0 radical (unpaired) electrons. The number of fused-ring (bicyclic) bond motifs is 1. The third-order valence-corrected chi connectivity index (χ3v) is 5.63. The quantitative estimate of drug-likeness (QED) is 0.468. The monoisotopic (exact) mass is 444 g/mol. The van der Waals surface area contributed by atoms with Gasteiger partial charge in [-0.1, -0.05) is 12.1 Å². The van der Waals surface area contributed by atoms with Crippen molar-refractivity contribution in [3.05, 3.63) is 60.3 Å². The van der Waals surface area contributed by atoms with Gasteiger partial charge in [0.2, 0.25) is 5.95 Å². The number of ether oxygens (including phenoxy) is 2. The molecule has 0 saturated carbocycles. The van der Waals surface area contributed by atoms with Crippen molar-refractivity contribution in [2.75, 3.05) is 43.6 Å². The molecule has 168 valence electrons. The molecular formula is C24H24N6O3. The van der Waals surface area contributed by atoms with Crippen LogP contribution in [-0.4, -0.2) is 59.1 Å². The zero-order valence-electron chi connectivity index (χ0n) is 18.5. The third-order valence-electron chi connectivity index (χ3n) is 5.63. The van der Waals surface area contributed by atoms with Crippen molar-refractivity contribution < 1.29 is 14.3 Å². The van der Waals surface area contributed by atoms with E-state index in [4.69, 9.17) is 19.4 Å². The highest BCUT2D eigenvalue weighted by Crippen LogP contribution is 2.28. The van der Waals surface area contributed by atoms with E-state index in [-0.39, 0.29) is 5.97 Å². The number of aromatic nitrogens is 4. The lowest BCUT2D eigenvalue weighted by Gasteiger charge is -2.27. The fourth-order valence-corrected chi connectivity index (χ4v) is 3.81. The minimum absolute atomic E-state index is 0.369. The highest BCUT2D eigenvalue weighted by molar-refractivity contribution is 5.90. The van der Waals surface area contributed by atoms with Crippen molar-refractivity contribution in [2.45, 2.75) is 0 Å². The van der Waals surface area contributed by atoms with Crippen LogP contribution in [0.15, 0.2) is 54.7 Å². The van der Waals surface area contributed by atoms with Gasteiger partial charge in [-0.3, -0.25) is 4.68 Å². The largest absolute Gasteiger partial charge is 0.465 e. The summed E-state index contributed by atoms with van der Waals surface area (Å²) in [6, 6.07) is 15.2. The molecule has 0 amide bonds. The van der Waals surface area contributed by atoms with Gasteiger partial charge in [-0.2, -0.15) is 10.1 Å². The molecule has 4 aromatic rings. The second kappa shape index (κ2) is 8.87. The van der Waals surface area contributed by atoms with Crippen LogP contribution in [0.3, 0.4) is 0 Å². The molecule has 9 nitrogen and oxygen atoms in total. The standard InChI is InChI=1S/C24H24N6O3/c1-29-21-13-17(3-4-18(21)15-25-29)20-14-22(28-24(27-20)30-9-11-33-12-10-30)26-19-7-5-16(6-8-19)23(31)32-2/h3-8,13-15H,9-12H2,1-2H3,(H,26,27,28). The number of esters is 1. The van der Waals surface area contributed by atoms with E-state index >= 15 is 0 Å². The first-order valence-electron chi connectivity index (χ1n) is 10.7. The molecule has 0 bridgehead atoms. The lowest BCUT2D eigenvalue weighted by Crippen LogP contribution is -2.37. The lowest BCUT2D eigenvalue weighted by molar-refractivity contribution is 0.0600. The molecule has 2 aromatic carbocycles. The second-order valence-corrected chi connectivity index (χ2v) is 7.77. The van der Waals surface area contributed by atoms with Crippen LogP contribution in [0.5, 0.6) is 0 Å². The van der Waals surface area contributed by atoms with E-state index in [1.807, 2.05) is 48.3 Å². The fraction of sp³-hybridized carbons (Fsp3) is 0.250. The Bertz CT molecular complexity index is 1300. The molecule has 0 spiro atoms. The number of hydrogen-bond acceptors (Lipinski definition) is 8. The molecule has 1 N–H and O–H groups in total. The molecule has 5 rings (SSSR count). The van der Waals surface area contributed by atoms with Crippen LogP contribution in [-0.2, 0) is 16.5 Å². The number of methoxy groups -OCH3 is 1. The van der Waals surface area contributed by atoms with Crippen molar-refractivity contribution in [1.29, 1.82) is 0 Å². The van der Waals surface area contributed by atoms with Gasteiger partial charge in [0.1, 0.15) is 5.82 Å². The van der Waals surface area contributed by atoms with Gasteiger partial charge in [0.15, 0.2) is 0 Å². The average Bonchev–Trinajstić information content (AvgIpc) is 3.24. The van der Waals surface area contributed by atoms with Gasteiger partial charge in [0.25, 0.3) is 0 Å². The Balaban J connectivity index is 1.52. The molecular weight excluding hydrogens is 420 g/mol. The van der Waals surface area contributed by atoms with Gasteiger partial charge in [-0.15, -0.1) is 0 Å². The van der Waals surface area contributed by atoms with Gasteiger partial charge in [0, 0.05) is 42.8 Å². The molecule has 1 aliphatic rings. The predicted molar refractivity (Wildman–Crippen MR) is 126 cm³/mol. The summed E-state index contributed by atoms with van der Waals surface area (Å²) >= 11 is 0. The normalized spacial score (nSPS) is 13.8. The number of carbonyl (C=O) groups is 1. The Kier molecular flexibility index (Phi) is 5.62. The zero-order chi connectivity index (χ0) is 22.8. The number of nitrogens with one attached hydrogen (secondary N) is 1. The molecule has 0 atom stereocenters. The summed E-state index contributed by atoms with van der Waals surface area (Å²) in [6.07, 6.45) is 1.85. The number of hydrogen-bond donors (Lipinski definition) is 1. The number of aryl methyl sites for hydroxylation is 1. The molecule has 0 unspecified atom stereocenters. The minimum atomic E-state index is -0.369. The Morgan fingerprint density at radius 1 is 1.06 bits per heavy atom. The summed E-state index contributed by atoms with van der Waals surface area (Å²) in [7, 11) is 3.29. The summed E-state index contributed by atoms with van der Waals surface area (Å²) in [5.74, 6) is 0.943. The van der Waals surface area contributed by atoms with Crippen molar-refractivity contribution in [1.82, 2.24) is 19.7 Å². The SMILES string of the molecule is COC(=O)c1ccc(Nc2cc(-c3ccc4cnn(C)c4c3)nc(N3CCOCC3)n2)cc1. The summed E-state index contributed by atoms with van der Waals surface area (Å²) in [5, 5.41) is 8.76. The van der Waals surface area contributed by atoms with E-state index in [9.17, 15) is 4.79 Å². The van der Waals surface area contributed by atoms with Crippen molar-refractivity contribution >= 4 is 34.3 Å². The second-order valence-electron chi connectivity index (χ2n) is 7.77. The first-order valence-corrected chi connectivity index (χ1v) is 10.7. The highest BCUT2D eigenvalue weighted by atomic mass is 16.5. The lowest BCUT2D eigenvalue weighted by atomic mass is 10.1. The third kappa shape index (κ3) is 4.35. The van der Waals surface area contributed by atoms with Gasteiger partial charge in [-0.25, -0.2) is 9.78 Å². The smallest absolute Gasteiger partial charge is 0.337 e. The first kappa shape index (κ1) is 20.9. The van der Waals surface area contributed by atoms with Crippen molar-refractivity contribution in [3.8, 4) is 11.3 Å². The van der Waals surface area contributed by atoms with Crippen LogP contribution in [0.25, 0.3) is 22.2 Å². The highest BCUT2D eigenvalue weighted by Gasteiger charge is 2.17. The van der Waals surface area contributed by atoms with E-state index in [2.05, 4.69) is 21.4 Å². The van der Waals surface area contributed by atoms with Crippen LogP contribution in [0.4, 0.5) is 17.5 Å². The molecule has 3 heterocycles. The Hall–Kier alpha value is -3.98. The number of morpholine rings is 1. The van der Waals surface area contributed by atoms with E-state index in [0.717, 1.165) is 40.9 Å². The van der Waals surface area contributed by atoms with E-state index in [1.165, 1.54) is 7.11 Å². The predicted octanol–water partition coefficient (Wildman–Crippen LogP) is 3.40. The van der Waals surface area contributed by atoms with E-state index < -0.39 is 0 Å². The molecule has 9 heteroatoms. The zero-order valence-corrected chi connectivity index (χ0v) is 18.5. The minimum Gasteiger partial charge on any atom is -0.465 e. The summed E-state index contributed by atoms with van der Waals surface area (Å²) < 4.78 is 12.1. The fourth-order valence-electron chi connectivity index (χ4n) is 3.81. The number of rotatable bonds is 5. The van der Waals surface area contributed by atoms with E-state index in [0.29, 0.717) is 30.5 Å². The maximum absolute atomic E-state index is 11.7. The molecule has 1 saturated heterocycles. The summed E-state index contributed by atoms with van der Waals surface area (Å²) in [4.78, 5) is 23.5. The van der Waals surface area contributed by atoms with Crippen molar-refractivity contribution in [2.24, 2.45) is 7.05 Å². The first-order chi connectivity index (χ1) is 16.1. The molecule has 0 aliphatic carbocycles. The topological polar surface area (TPSA) is 94.4 Å². The number of anilines is 3. The summed E-state index contributed by atoms with van der Waals surface area (Å²) in [5.41, 5.74) is 4.12. The van der Waals surface area contributed by atoms with Crippen LogP contribution in [0.1, 0.15) is 10.4 Å². The summed E-state index contributed by atoms with van der Waals surface area (Å²) in [6.45, 7) is 2.76. The van der Waals surface area contributed by atoms with Crippen LogP contribution < -0.4 is 10.2 Å². The molecule has 33 heavy (non-hydrogen) atoms. The van der Waals surface area contributed by atoms with Gasteiger partial charge in [0.05, 0.1) is 43.3 Å². The Morgan fingerprint density at radius 3 is 2.61 bits per heavy atom. The van der Waals surface area contributed by atoms with E-state index in [1.54, 1.807) is 12.1 Å². The molecule has 1 fully saturated rings. The van der Waals surface area contributed by atoms with Gasteiger partial charge < -0.3 is 19.7 Å². The van der Waals surface area contributed by atoms with Crippen LogP contribution in [0.2, 0.25) is 0 Å². The Morgan fingerprint density at radius 2 is 1.85 bits per heavy atom. The number of carbonyl (C=O) groups excluding carboxylic acids is 1. The maximum atomic E-state index is 11.7. The van der Waals surface area contributed by atoms with Gasteiger partial charge in [-0.05, 0) is 30.3 Å². The number of benzene rings is 2. The molecule has 2 aromatic heterocycles. The van der Waals surface area contributed by atoms with Crippen molar-refractivity contribution in [3.63, 3.8) is 0 Å². The average molecular weight is 444 g/mol. The van der Waals surface area contributed by atoms with Gasteiger partial charge >= 0.3 is 5.97 Å². The molecule has 1 aliphatic heterocycles.